The van der Waals surface area contributed by atoms with E-state index in [1.165, 1.54) is 5.69 Å². The van der Waals surface area contributed by atoms with Gasteiger partial charge in [-0.15, -0.1) is 11.3 Å². The van der Waals surface area contributed by atoms with Crippen molar-refractivity contribution in [2.75, 3.05) is 49.5 Å². The normalized spacial score (nSPS) is 15.3. The first kappa shape index (κ1) is 21.4. The van der Waals surface area contributed by atoms with E-state index in [1.807, 2.05) is 6.07 Å². The van der Waals surface area contributed by atoms with Gasteiger partial charge in [-0.05, 0) is 31.5 Å². The van der Waals surface area contributed by atoms with Crippen molar-refractivity contribution in [3.63, 3.8) is 0 Å². The number of piperazine rings is 1. The molecular weight excluding hydrogens is 403 g/mol. The predicted octanol–water partition coefficient (Wildman–Crippen LogP) is 3.89. The second-order valence-corrected chi connectivity index (χ2v) is 7.65. The Bertz CT molecular complexity index is 776. The van der Waals surface area contributed by atoms with Crippen LogP contribution in [0.25, 0.3) is 0 Å². The number of halogens is 3. The Morgan fingerprint density at radius 3 is 2.48 bits per heavy atom. The number of benzene rings is 1. The lowest BCUT2D eigenvalue weighted by molar-refractivity contribution is -0.140. The monoisotopic (exact) mass is 427 g/mol. The number of carbonyl (C=O) groups is 1. The molecule has 2 N–H and O–H groups in total. The van der Waals surface area contributed by atoms with Gasteiger partial charge < -0.3 is 10.2 Å². The number of carbonyl (C=O) groups excluding carboxylic acids is 1. The van der Waals surface area contributed by atoms with Crippen LogP contribution in [-0.2, 0) is 6.18 Å². The Hall–Kier alpha value is -2.33. The number of hydrogen-bond donors (Lipinski definition) is 2. The minimum Gasteiger partial charge on any atom is -0.369 e. The molecule has 1 fully saturated rings. The standard InChI is InChI=1S/C19H24F3N5OS/c20-19(21,22)16-14-29-18(24-16)25-17(28)23-8-4-5-9-26-10-12-27(13-11-26)15-6-2-1-3-7-15/h1-3,6-7,14H,4-5,8-13H2,(H2,23,24,25,28). The van der Waals surface area contributed by atoms with Crippen LogP contribution < -0.4 is 15.5 Å². The van der Waals surface area contributed by atoms with Gasteiger partial charge in [-0.3, -0.25) is 10.2 Å². The first-order valence-electron chi connectivity index (χ1n) is 9.52. The molecule has 0 aliphatic carbocycles. The molecule has 1 aliphatic rings. The van der Waals surface area contributed by atoms with E-state index in [9.17, 15) is 18.0 Å². The summed E-state index contributed by atoms with van der Waals surface area (Å²) in [4.78, 5) is 19.9. The van der Waals surface area contributed by atoms with E-state index in [-0.39, 0.29) is 5.13 Å². The van der Waals surface area contributed by atoms with Crippen LogP contribution in [0.4, 0.5) is 28.8 Å². The smallest absolute Gasteiger partial charge is 0.369 e. The van der Waals surface area contributed by atoms with Crippen LogP contribution in [0.1, 0.15) is 18.5 Å². The summed E-state index contributed by atoms with van der Waals surface area (Å²) in [6.07, 6.45) is -2.75. The maximum absolute atomic E-state index is 12.5. The van der Waals surface area contributed by atoms with Crippen molar-refractivity contribution in [2.24, 2.45) is 0 Å². The van der Waals surface area contributed by atoms with Crippen molar-refractivity contribution in [2.45, 2.75) is 19.0 Å². The van der Waals surface area contributed by atoms with E-state index in [0.717, 1.165) is 62.3 Å². The van der Waals surface area contributed by atoms with Gasteiger partial charge in [0.2, 0.25) is 0 Å². The van der Waals surface area contributed by atoms with Crippen LogP contribution in [0.2, 0.25) is 0 Å². The highest BCUT2D eigenvalue weighted by Gasteiger charge is 2.33. The van der Waals surface area contributed by atoms with E-state index in [4.69, 9.17) is 0 Å². The third-order valence-corrected chi connectivity index (χ3v) is 5.45. The summed E-state index contributed by atoms with van der Waals surface area (Å²) in [5, 5.41) is 5.81. The molecule has 3 rings (SSSR count). The number of para-hydroxylation sites is 1. The molecule has 0 spiro atoms. The Kier molecular flexibility index (Phi) is 7.32. The lowest BCUT2D eigenvalue weighted by Crippen LogP contribution is -2.46. The zero-order valence-electron chi connectivity index (χ0n) is 15.9. The molecule has 6 nitrogen and oxygen atoms in total. The van der Waals surface area contributed by atoms with Crippen LogP contribution in [0, 0.1) is 0 Å². The lowest BCUT2D eigenvalue weighted by atomic mass is 10.2. The number of nitrogens with zero attached hydrogens (tertiary/aromatic N) is 3. The number of aromatic nitrogens is 1. The predicted molar refractivity (Wildman–Crippen MR) is 108 cm³/mol. The number of urea groups is 1. The summed E-state index contributed by atoms with van der Waals surface area (Å²) in [6.45, 7) is 5.44. The lowest BCUT2D eigenvalue weighted by Gasteiger charge is -2.36. The van der Waals surface area contributed by atoms with Gasteiger partial charge in [0.05, 0.1) is 0 Å². The third-order valence-electron chi connectivity index (χ3n) is 4.70. The van der Waals surface area contributed by atoms with Gasteiger partial charge in [0, 0.05) is 43.8 Å². The highest BCUT2D eigenvalue weighted by atomic mass is 32.1. The minimum absolute atomic E-state index is 0.0638. The van der Waals surface area contributed by atoms with Crippen LogP contribution in [-0.4, -0.2) is 55.2 Å². The average Bonchev–Trinajstić information content (AvgIpc) is 3.18. The zero-order valence-corrected chi connectivity index (χ0v) is 16.7. The summed E-state index contributed by atoms with van der Waals surface area (Å²) in [5.74, 6) is 0. The van der Waals surface area contributed by atoms with Gasteiger partial charge in [-0.2, -0.15) is 13.2 Å². The molecule has 0 radical (unpaired) electrons. The number of alkyl halides is 3. The van der Waals surface area contributed by atoms with Gasteiger partial charge in [0.1, 0.15) is 0 Å². The van der Waals surface area contributed by atoms with Crippen molar-refractivity contribution in [1.29, 1.82) is 0 Å². The van der Waals surface area contributed by atoms with Crippen molar-refractivity contribution >= 4 is 28.2 Å². The second-order valence-electron chi connectivity index (χ2n) is 6.79. The molecular formula is C19H24F3N5OS. The van der Waals surface area contributed by atoms with Crippen LogP contribution >= 0.6 is 11.3 Å². The molecule has 158 valence electrons. The summed E-state index contributed by atoms with van der Waals surface area (Å²) in [7, 11) is 0. The zero-order chi connectivity index (χ0) is 20.7. The van der Waals surface area contributed by atoms with Crippen molar-refractivity contribution in [1.82, 2.24) is 15.2 Å². The molecule has 1 saturated heterocycles. The van der Waals surface area contributed by atoms with E-state index in [2.05, 4.69) is 49.7 Å². The van der Waals surface area contributed by atoms with Gasteiger partial charge in [0.25, 0.3) is 0 Å². The fraction of sp³-hybridized carbons (Fsp3) is 0.474. The maximum atomic E-state index is 12.5. The average molecular weight is 427 g/mol. The molecule has 2 heterocycles. The Labute approximate surface area is 171 Å². The summed E-state index contributed by atoms with van der Waals surface area (Å²) < 4.78 is 37.5. The number of hydrogen-bond acceptors (Lipinski definition) is 5. The quantitative estimate of drug-likeness (QED) is 0.659. The summed E-state index contributed by atoms with van der Waals surface area (Å²) >= 11 is 0.752. The van der Waals surface area contributed by atoms with E-state index < -0.39 is 17.9 Å². The molecule has 0 saturated carbocycles. The largest absolute Gasteiger partial charge is 0.434 e. The number of anilines is 2. The summed E-state index contributed by atoms with van der Waals surface area (Å²) in [6, 6.07) is 9.84. The Morgan fingerprint density at radius 2 is 1.83 bits per heavy atom. The maximum Gasteiger partial charge on any atom is 0.434 e. The first-order valence-corrected chi connectivity index (χ1v) is 10.4. The number of thiazole rings is 1. The molecule has 1 aromatic heterocycles. The SMILES string of the molecule is O=C(NCCCCN1CCN(c2ccccc2)CC1)Nc1nc(C(F)(F)F)cs1. The molecule has 0 bridgehead atoms. The molecule has 2 amide bonds. The van der Waals surface area contributed by atoms with Gasteiger partial charge in [0.15, 0.2) is 10.8 Å². The van der Waals surface area contributed by atoms with Crippen LogP contribution in [0.15, 0.2) is 35.7 Å². The second kappa shape index (κ2) is 9.93. The first-order chi connectivity index (χ1) is 13.9. The molecule has 1 aromatic carbocycles. The topological polar surface area (TPSA) is 60.5 Å². The number of nitrogens with one attached hydrogen (secondary N) is 2. The Balaban J connectivity index is 1.27. The van der Waals surface area contributed by atoms with E-state index >= 15 is 0 Å². The van der Waals surface area contributed by atoms with Crippen LogP contribution in [0.3, 0.4) is 0 Å². The number of unbranched alkanes of at least 4 members (excludes halogenated alkanes) is 1. The van der Waals surface area contributed by atoms with Crippen LogP contribution in [0.5, 0.6) is 0 Å². The fourth-order valence-corrected chi connectivity index (χ4v) is 3.85. The van der Waals surface area contributed by atoms with E-state index in [1.54, 1.807) is 0 Å². The molecule has 1 aliphatic heterocycles. The minimum atomic E-state index is -4.50. The van der Waals surface area contributed by atoms with Gasteiger partial charge in [-0.1, -0.05) is 18.2 Å². The van der Waals surface area contributed by atoms with Crippen molar-refractivity contribution in [3.8, 4) is 0 Å². The van der Waals surface area contributed by atoms with Gasteiger partial charge >= 0.3 is 12.2 Å². The highest BCUT2D eigenvalue weighted by molar-refractivity contribution is 7.13. The summed E-state index contributed by atoms with van der Waals surface area (Å²) in [5.41, 5.74) is 0.259. The van der Waals surface area contributed by atoms with E-state index in [0.29, 0.717) is 6.54 Å². The molecule has 0 unspecified atom stereocenters. The van der Waals surface area contributed by atoms with Crippen molar-refractivity contribution in [3.05, 3.63) is 41.4 Å². The Morgan fingerprint density at radius 1 is 1.10 bits per heavy atom. The molecule has 2 aromatic rings. The number of amides is 2. The van der Waals surface area contributed by atoms with Gasteiger partial charge in [-0.25, -0.2) is 9.78 Å². The third kappa shape index (κ3) is 6.60. The molecule has 0 atom stereocenters. The fourth-order valence-electron chi connectivity index (χ4n) is 3.13. The highest BCUT2D eigenvalue weighted by Crippen LogP contribution is 2.31. The molecule has 10 heteroatoms. The number of rotatable bonds is 7. The molecule has 29 heavy (non-hydrogen) atoms. The van der Waals surface area contributed by atoms with Crippen molar-refractivity contribution < 1.29 is 18.0 Å².